The Bertz CT molecular complexity index is 861. The summed E-state index contributed by atoms with van der Waals surface area (Å²) in [6, 6.07) is 13.0. The fourth-order valence-corrected chi connectivity index (χ4v) is 3.69. The molecule has 1 aliphatic rings. The second kappa shape index (κ2) is 8.78. The highest BCUT2D eigenvalue weighted by atomic mass is 16.2. The van der Waals surface area contributed by atoms with E-state index in [4.69, 9.17) is 5.73 Å². The number of hydrogen-bond donors (Lipinski definition) is 2. The Kier molecular flexibility index (Phi) is 6.19. The van der Waals surface area contributed by atoms with Crippen LogP contribution in [0.3, 0.4) is 0 Å². The molecule has 6 heteroatoms. The molecule has 2 amide bonds. The summed E-state index contributed by atoms with van der Waals surface area (Å²) in [5, 5.41) is 2.92. The fraction of sp³-hybridized carbons (Fsp3) is 0.364. The van der Waals surface area contributed by atoms with E-state index >= 15 is 0 Å². The van der Waals surface area contributed by atoms with E-state index in [0.29, 0.717) is 24.3 Å². The molecule has 6 nitrogen and oxygen atoms in total. The maximum atomic E-state index is 12.6. The third kappa shape index (κ3) is 4.27. The summed E-state index contributed by atoms with van der Waals surface area (Å²) < 4.78 is 0. The SMILES string of the molecule is CCN(CC)C(=O)c1cccc(NC(=O)CN2CCCc3c(N)cccc32)c1. The van der Waals surface area contributed by atoms with Gasteiger partial charge in [0.2, 0.25) is 5.91 Å². The summed E-state index contributed by atoms with van der Waals surface area (Å²) in [6.07, 6.45) is 1.91. The van der Waals surface area contributed by atoms with E-state index in [9.17, 15) is 9.59 Å². The monoisotopic (exact) mass is 380 g/mol. The zero-order valence-electron chi connectivity index (χ0n) is 16.6. The normalized spacial score (nSPS) is 13.0. The Balaban J connectivity index is 1.69. The Morgan fingerprint density at radius 2 is 1.89 bits per heavy atom. The molecule has 0 aromatic heterocycles. The van der Waals surface area contributed by atoms with E-state index in [0.717, 1.165) is 36.3 Å². The molecule has 2 aromatic rings. The molecule has 0 spiro atoms. The van der Waals surface area contributed by atoms with Gasteiger partial charge in [0, 0.05) is 42.3 Å². The van der Waals surface area contributed by atoms with Crippen LogP contribution in [0.2, 0.25) is 0 Å². The summed E-state index contributed by atoms with van der Waals surface area (Å²) in [7, 11) is 0. The van der Waals surface area contributed by atoms with Crippen molar-refractivity contribution >= 4 is 28.9 Å². The average Bonchev–Trinajstić information content (AvgIpc) is 2.70. The number of nitrogens with one attached hydrogen (secondary N) is 1. The average molecular weight is 380 g/mol. The smallest absolute Gasteiger partial charge is 0.253 e. The van der Waals surface area contributed by atoms with Gasteiger partial charge < -0.3 is 20.9 Å². The number of anilines is 3. The maximum Gasteiger partial charge on any atom is 0.253 e. The van der Waals surface area contributed by atoms with E-state index in [1.54, 1.807) is 29.2 Å². The van der Waals surface area contributed by atoms with Gasteiger partial charge in [-0.15, -0.1) is 0 Å². The van der Waals surface area contributed by atoms with Crippen molar-refractivity contribution in [2.45, 2.75) is 26.7 Å². The zero-order chi connectivity index (χ0) is 20.1. The Morgan fingerprint density at radius 3 is 2.64 bits per heavy atom. The number of nitrogens with two attached hydrogens (primary N) is 1. The summed E-state index contributed by atoms with van der Waals surface area (Å²) in [4.78, 5) is 29.0. The number of nitrogens with zero attached hydrogens (tertiary/aromatic N) is 2. The summed E-state index contributed by atoms with van der Waals surface area (Å²) >= 11 is 0. The van der Waals surface area contributed by atoms with Crippen molar-refractivity contribution in [2.24, 2.45) is 0 Å². The minimum absolute atomic E-state index is 0.0264. The lowest BCUT2D eigenvalue weighted by molar-refractivity contribution is -0.115. The molecular formula is C22H28N4O2. The van der Waals surface area contributed by atoms with Gasteiger partial charge in [-0.3, -0.25) is 9.59 Å². The Morgan fingerprint density at radius 1 is 1.14 bits per heavy atom. The summed E-state index contributed by atoms with van der Waals surface area (Å²) in [6.45, 7) is 6.30. The van der Waals surface area contributed by atoms with Gasteiger partial charge in [-0.2, -0.15) is 0 Å². The minimum atomic E-state index is -0.109. The van der Waals surface area contributed by atoms with Crippen LogP contribution in [0, 0.1) is 0 Å². The number of hydrogen-bond acceptors (Lipinski definition) is 4. The van der Waals surface area contributed by atoms with Crippen LogP contribution in [0.1, 0.15) is 36.2 Å². The van der Waals surface area contributed by atoms with E-state index < -0.39 is 0 Å². The Labute approximate surface area is 166 Å². The first-order valence-electron chi connectivity index (χ1n) is 9.85. The highest BCUT2D eigenvalue weighted by Crippen LogP contribution is 2.31. The predicted molar refractivity (Wildman–Crippen MR) is 114 cm³/mol. The molecule has 3 rings (SSSR count). The Hall–Kier alpha value is -3.02. The summed E-state index contributed by atoms with van der Waals surface area (Å²) in [5.74, 6) is -0.135. The van der Waals surface area contributed by atoms with Crippen molar-refractivity contribution in [1.82, 2.24) is 4.90 Å². The van der Waals surface area contributed by atoms with Crippen molar-refractivity contribution in [2.75, 3.05) is 42.1 Å². The topological polar surface area (TPSA) is 78.7 Å². The minimum Gasteiger partial charge on any atom is -0.398 e. The highest BCUT2D eigenvalue weighted by molar-refractivity contribution is 5.98. The molecule has 0 bridgehead atoms. The lowest BCUT2D eigenvalue weighted by Gasteiger charge is -2.31. The largest absolute Gasteiger partial charge is 0.398 e. The van der Waals surface area contributed by atoms with Crippen LogP contribution in [0.15, 0.2) is 42.5 Å². The standard InChI is InChI=1S/C22H28N4O2/c1-3-25(4-2)22(28)16-8-5-9-17(14-16)24-21(27)15-26-13-7-10-18-19(23)11-6-12-20(18)26/h5-6,8-9,11-12,14H,3-4,7,10,13,15,23H2,1-2H3,(H,24,27). The van der Waals surface area contributed by atoms with Gasteiger partial charge >= 0.3 is 0 Å². The van der Waals surface area contributed by atoms with Gasteiger partial charge in [-0.25, -0.2) is 0 Å². The highest BCUT2D eigenvalue weighted by Gasteiger charge is 2.21. The predicted octanol–water partition coefficient (Wildman–Crippen LogP) is 3.14. The first kappa shape index (κ1) is 19.7. The molecule has 1 aliphatic heterocycles. The molecule has 0 atom stereocenters. The number of benzene rings is 2. The first-order chi connectivity index (χ1) is 13.5. The summed E-state index contributed by atoms with van der Waals surface area (Å²) in [5.41, 5.74) is 10.2. The molecular weight excluding hydrogens is 352 g/mol. The third-order valence-corrected chi connectivity index (χ3v) is 5.16. The molecule has 1 heterocycles. The van der Waals surface area contributed by atoms with E-state index in [1.807, 2.05) is 32.0 Å². The van der Waals surface area contributed by atoms with Crippen molar-refractivity contribution in [3.8, 4) is 0 Å². The van der Waals surface area contributed by atoms with Crippen LogP contribution in [0.4, 0.5) is 17.1 Å². The second-order valence-electron chi connectivity index (χ2n) is 6.98. The molecule has 0 aliphatic carbocycles. The number of carbonyl (C=O) groups is 2. The molecule has 28 heavy (non-hydrogen) atoms. The van der Waals surface area contributed by atoms with Crippen LogP contribution in [0.25, 0.3) is 0 Å². The van der Waals surface area contributed by atoms with Crippen molar-refractivity contribution in [1.29, 1.82) is 0 Å². The van der Waals surface area contributed by atoms with E-state index in [1.165, 1.54) is 0 Å². The van der Waals surface area contributed by atoms with Gasteiger partial charge in [0.05, 0.1) is 6.54 Å². The fourth-order valence-electron chi connectivity index (χ4n) is 3.69. The van der Waals surface area contributed by atoms with Crippen LogP contribution in [0.5, 0.6) is 0 Å². The number of rotatable bonds is 6. The van der Waals surface area contributed by atoms with E-state index in [2.05, 4.69) is 10.2 Å². The van der Waals surface area contributed by atoms with Crippen LogP contribution in [-0.2, 0) is 11.2 Å². The molecule has 0 unspecified atom stereocenters. The quantitative estimate of drug-likeness (QED) is 0.755. The zero-order valence-corrected chi connectivity index (χ0v) is 16.6. The van der Waals surface area contributed by atoms with Crippen LogP contribution >= 0.6 is 0 Å². The van der Waals surface area contributed by atoms with Crippen LogP contribution < -0.4 is 16.0 Å². The second-order valence-corrected chi connectivity index (χ2v) is 6.98. The molecule has 0 fully saturated rings. The molecule has 148 valence electrons. The molecule has 0 saturated carbocycles. The number of amides is 2. The molecule has 2 aromatic carbocycles. The number of fused-ring (bicyclic) bond motifs is 1. The maximum absolute atomic E-state index is 12.6. The number of nitrogen functional groups attached to an aromatic ring is 1. The van der Waals surface area contributed by atoms with Crippen molar-refractivity contribution in [3.63, 3.8) is 0 Å². The lowest BCUT2D eigenvalue weighted by atomic mass is 10.00. The van der Waals surface area contributed by atoms with Crippen molar-refractivity contribution in [3.05, 3.63) is 53.6 Å². The van der Waals surface area contributed by atoms with Gasteiger partial charge in [0.1, 0.15) is 0 Å². The third-order valence-electron chi connectivity index (χ3n) is 5.16. The van der Waals surface area contributed by atoms with Crippen molar-refractivity contribution < 1.29 is 9.59 Å². The molecule has 3 N–H and O–H groups in total. The molecule has 0 saturated heterocycles. The first-order valence-corrected chi connectivity index (χ1v) is 9.85. The van der Waals surface area contributed by atoms with Gasteiger partial charge in [-0.05, 0) is 62.6 Å². The lowest BCUT2D eigenvalue weighted by Crippen LogP contribution is -2.37. The number of carbonyl (C=O) groups excluding carboxylic acids is 2. The van der Waals surface area contributed by atoms with Crippen LogP contribution in [-0.4, -0.2) is 42.9 Å². The van der Waals surface area contributed by atoms with Gasteiger partial charge in [-0.1, -0.05) is 12.1 Å². The van der Waals surface area contributed by atoms with Gasteiger partial charge in [0.25, 0.3) is 5.91 Å². The molecule has 0 radical (unpaired) electrons. The van der Waals surface area contributed by atoms with E-state index in [-0.39, 0.29) is 18.4 Å². The van der Waals surface area contributed by atoms with Gasteiger partial charge in [0.15, 0.2) is 0 Å².